The third kappa shape index (κ3) is 2.74. The molecular formula is C20H23NO. The predicted molar refractivity (Wildman–Crippen MR) is 92.6 cm³/mol. The van der Waals surface area contributed by atoms with E-state index in [1.54, 1.807) is 0 Å². The Labute approximate surface area is 132 Å². The van der Waals surface area contributed by atoms with Crippen molar-refractivity contribution >= 4 is 10.9 Å². The molecule has 3 aromatic rings. The van der Waals surface area contributed by atoms with Crippen molar-refractivity contribution in [1.29, 1.82) is 0 Å². The van der Waals surface area contributed by atoms with Crippen LogP contribution >= 0.6 is 0 Å². The molecule has 0 aliphatic carbocycles. The van der Waals surface area contributed by atoms with Gasteiger partial charge in [0.05, 0.1) is 0 Å². The first-order chi connectivity index (χ1) is 10.6. The minimum Gasteiger partial charge on any atom is -0.489 e. The van der Waals surface area contributed by atoms with Crippen molar-refractivity contribution < 1.29 is 4.74 Å². The Balaban J connectivity index is 1.94. The van der Waals surface area contributed by atoms with Gasteiger partial charge in [-0.05, 0) is 51.5 Å². The second-order valence-electron chi connectivity index (χ2n) is 6.23. The van der Waals surface area contributed by atoms with E-state index in [0.717, 1.165) is 5.75 Å². The number of aryl methyl sites for hydroxylation is 2. The Hall–Kier alpha value is -2.22. The summed E-state index contributed by atoms with van der Waals surface area (Å²) >= 11 is 0. The maximum Gasteiger partial charge on any atom is 0.119 e. The van der Waals surface area contributed by atoms with Crippen molar-refractivity contribution in [2.24, 2.45) is 0 Å². The van der Waals surface area contributed by atoms with E-state index in [2.05, 4.69) is 68.8 Å². The van der Waals surface area contributed by atoms with Crippen molar-refractivity contribution in [2.45, 2.75) is 40.3 Å². The van der Waals surface area contributed by atoms with Gasteiger partial charge in [0.2, 0.25) is 0 Å². The van der Waals surface area contributed by atoms with Crippen molar-refractivity contribution in [3.63, 3.8) is 0 Å². The molecule has 2 heteroatoms. The zero-order valence-electron chi connectivity index (χ0n) is 13.8. The monoisotopic (exact) mass is 293 g/mol. The number of hydrogen-bond acceptors (Lipinski definition) is 1. The van der Waals surface area contributed by atoms with Crippen molar-refractivity contribution in [2.75, 3.05) is 0 Å². The van der Waals surface area contributed by atoms with Crippen LogP contribution in [0, 0.1) is 13.8 Å². The van der Waals surface area contributed by atoms with Crippen LogP contribution < -0.4 is 4.74 Å². The highest BCUT2D eigenvalue weighted by atomic mass is 16.5. The van der Waals surface area contributed by atoms with Gasteiger partial charge in [0.25, 0.3) is 0 Å². The van der Waals surface area contributed by atoms with E-state index in [9.17, 15) is 0 Å². The number of ether oxygens (including phenoxy) is 1. The molecule has 0 fully saturated rings. The normalized spacial score (nSPS) is 11.3. The van der Waals surface area contributed by atoms with Gasteiger partial charge in [-0.1, -0.05) is 29.8 Å². The Morgan fingerprint density at radius 1 is 1.00 bits per heavy atom. The van der Waals surface area contributed by atoms with Gasteiger partial charge < -0.3 is 9.30 Å². The Morgan fingerprint density at radius 2 is 1.73 bits per heavy atom. The third-order valence-corrected chi connectivity index (χ3v) is 4.12. The van der Waals surface area contributed by atoms with Crippen molar-refractivity contribution in [3.8, 4) is 5.75 Å². The topological polar surface area (TPSA) is 14.2 Å². The van der Waals surface area contributed by atoms with E-state index in [4.69, 9.17) is 4.74 Å². The van der Waals surface area contributed by atoms with Gasteiger partial charge in [-0.2, -0.15) is 0 Å². The molecule has 0 amide bonds. The lowest BCUT2D eigenvalue weighted by Crippen LogP contribution is -1.98. The lowest BCUT2D eigenvalue weighted by molar-refractivity contribution is 0.307. The van der Waals surface area contributed by atoms with Gasteiger partial charge in [0.1, 0.15) is 12.4 Å². The molecule has 22 heavy (non-hydrogen) atoms. The van der Waals surface area contributed by atoms with E-state index in [1.807, 2.05) is 12.1 Å². The number of rotatable bonds is 4. The molecule has 0 spiro atoms. The number of nitrogens with zero attached hydrogens (tertiary/aromatic N) is 1. The molecule has 0 bridgehead atoms. The number of hydrogen-bond donors (Lipinski definition) is 0. The fourth-order valence-corrected chi connectivity index (χ4v) is 2.92. The molecule has 0 N–H and O–H groups in total. The second-order valence-corrected chi connectivity index (χ2v) is 6.23. The fourth-order valence-electron chi connectivity index (χ4n) is 2.92. The second kappa shape index (κ2) is 5.88. The summed E-state index contributed by atoms with van der Waals surface area (Å²) in [4.78, 5) is 0. The summed E-state index contributed by atoms with van der Waals surface area (Å²) in [7, 11) is 0. The predicted octanol–water partition coefficient (Wildman–Crippen LogP) is 5.42. The first kappa shape index (κ1) is 14.7. The molecule has 0 radical (unpaired) electrons. The van der Waals surface area contributed by atoms with Gasteiger partial charge in [-0.3, -0.25) is 0 Å². The summed E-state index contributed by atoms with van der Waals surface area (Å²) < 4.78 is 8.32. The number of fused-ring (bicyclic) bond motifs is 1. The molecule has 0 saturated heterocycles. The first-order valence-electron chi connectivity index (χ1n) is 7.85. The van der Waals surface area contributed by atoms with Crippen molar-refractivity contribution in [1.82, 2.24) is 4.57 Å². The van der Waals surface area contributed by atoms with Crippen LogP contribution in [-0.4, -0.2) is 4.57 Å². The summed E-state index contributed by atoms with van der Waals surface area (Å²) in [5.74, 6) is 0.921. The molecule has 114 valence electrons. The Bertz CT molecular complexity index is 781. The SMILES string of the molecule is Cc1ccc(OCc2cn(C(C)C)c3cccc(C)c23)cc1. The zero-order chi connectivity index (χ0) is 15.7. The van der Waals surface area contributed by atoms with Crippen LogP contribution in [-0.2, 0) is 6.61 Å². The summed E-state index contributed by atoms with van der Waals surface area (Å²) in [6, 6.07) is 15.2. The van der Waals surface area contributed by atoms with Crippen LogP contribution in [0.15, 0.2) is 48.7 Å². The molecule has 2 nitrogen and oxygen atoms in total. The maximum atomic E-state index is 5.99. The Kier molecular flexibility index (Phi) is 3.93. The summed E-state index contributed by atoms with van der Waals surface area (Å²) in [5, 5.41) is 1.32. The van der Waals surface area contributed by atoms with E-state index in [-0.39, 0.29) is 0 Å². The third-order valence-electron chi connectivity index (χ3n) is 4.12. The van der Waals surface area contributed by atoms with Crippen LogP contribution in [0.1, 0.15) is 36.6 Å². The molecule has 0 aliphatic rings. The largest absolute Gasteiger partial charge is 0.489 e. The van der Waals surface area contributed by atoms with Gasteiger partial charge >= 0.3 is 0 Å². The standard InChI is InChI=1S/C20H23NO/c1-14(2)21-12-17(20-16(4)6-5-7-19(20)21)13-22-18-10-8-15(3)9-11-18/h5-12,14H,13H2,1-4H3. The van der Waals surface area contributed by atoms with E-state index < -0.39 is 0 Å². The van der Waals surface area contributed by atoms with E-state index >= 15 is 0 Å². The molecule has 0 atom stereocenters. The van der Waals surface area contributed by atoms with Crippen LogP contribution in [0.25, 0.3) is 10.9 Å². The Morgan fingerprint density at radius 3 is 2.41 bits per heavy atom. The van der Waals surface area contributed by atoms with Crippen molar-refractivity contribution in [3.05, 3.63) is 65.4 Å². The highest BCUT2D eigenvalue weighted by Gasteiger charge is 2.12. The molecule has 0 saturated carbocycles. The van der Waals surface area contributed by atoms with Crippen LogP contribution in [0.2, 0.25) is 0 Å². The lowest BCUT2D eigenvalue weighted by atomic mass is 10.1. The molecular weight excluding hydrogens is 270 g/mol. The van der Waals surface area contributed by atoms with Crippen LogP contribution in [0.4, 0.5) is 0 Å². The molecule has 3 rings (SSSR count). The summed E-state index contributed by atoms with van der Waals surface area (Å²) in [5.41, 5.74) is 5.10. The van der Waals surface area contributed by atoms with Gasteiger partial charge in [-0.15, -0.1) is 0 Å². The highest BCUT2D eigenvalue weighted by Crippen LogP contribution is 2.28. The zero-order valence-corrected chi connectivity index (χ0v) is 13.8. The smallest absolute Gasteiger partial charge is 0.119 e. The minimum atomic E-state index is 0.442. The number of benzene rings is 2. The average molecular weight is 293 g/mol. The van der Waals surface area contributed by atoms with Crippen LogP contribution in [0.3, 0.4) is 0 Å². The molecule has 1 heterocycles. The van der Waals surface area contributed by atoms with Gasteiger partial charge in [0.15, 0.2) is 0 Å². The summed E-state index contributed by atoms with van der Waals surface area (Å²) in [6.07, 6.45) is 2.23. The maximum absolute atomic E-state index is 5.99. The van der Waals surface area contributed by atoms with Gasteiger partial charge in [0, 0.05) is 28.7 Å². The summed E-state index contributed by atoms with van der Waals surface area (Å²) in [6.45, 7) is 9.29. The first-order valence-corrected chi connectivity index (χ1v) is 7.85. The fraction of sp³-hybridized carbons (Fsp3) is 0.300. The molecule has 1 aromatic heterocycles. The lowest BCUT2D eigenvalue weighted by Gasteiger charge is -2.09. The number of aromatic nitrogens is 1. The van der Waals surface area contributed by atoms with E-state index in [1.165, 1.54) is 27.6 Å². The highest BCUT2D eigenvalue weighted by molar-refractivity contribution is 5.87. The minimum absolute atomic E-state index is 0.442. The quantitative estimate of drug-likeness (QED) is 0.626. The molecule has 0 unspecified atom stereocenters. The van der Waals surface area contributed by atoms with Crippen LogP contribution in [0.5, 0.6) is 5.75 Å². The van der Waals surface area contributed by atoms with Gasteiger partial charge in [-0.25, -0.2) is 0 Å². The molecule has 0 aliphatic heterocycles. The van der Waals surface area contributed by atoms with E-state index in [0.29, 0.717) is 12.6 Å². The average Bonchev–Trinajstić information content (AvgIpc) is 2.87. The molecule has 2 aromatic carbocycles.